The zero-order chi connectivity index (χ0) is 23.5. The Labute approximate surface area is 211 Å². The number of halogens is 3. The number of nitriles is 1. The molecule has 0 fully saturated rings. The van der Waals surface area contributed by atoms with Gasteiger partial charge in [0.1, 0.15) is 16.5 Å². The molecular formula is C24H17Cl3N3OPS. The molecule has 0 saturated heterocycles. The molecule has 3 aromatic carbocycles. The predicted molar refractivity (Wildman–Crippen MR) is 143 cm³/mol. The van der Waals surface area contributed by atoms with Crippen molar-refractivity contribution >= 4 is 85.7 Å². The van der Waals surface area contributed by atoms with Crippen LogP contribution in [0.5, 0.6) is 0 Å². The molecule has 4 nitrogen and oxygen atoms in total. The molecule has 33 heavy (non-hydrogen) atoms. The van der Waals surface area contributed by atoms with Crippen LogP contribution in [0.15, 0.2) is 96.0 Å². The molecule has 4 rings (SSSR count). The van der Waals surface area contributed by atoms with Crippen LogP contribution < -0.4 is 21.2 Å². The number of thioether (sulfide) groups is 1. The highest BCUT2D eigenvalue weighted by Crippen LogP contribution is 2.48. The van der Waals surface area contributed by atoms with Gasteiger partial charge in [-0.1, -0.05) is 138 Å². The van der Waals surface area contributed by atoms with Gasteiger partial charge in [0.05, 0.1) is 5.29 Å². The van der Waals surface area contributed by atoms with Gasteiger partial charge in [0.15, 0.2) is 0 Å². The Hall–Kier alpha value is -2.19. The predicted octanol–water partition coefficient (Wildman–Crippen LogP) is 5.23. The number of hydrogen-bond donors (Lipinski definition) is 1. The summed E-state index contributed by atoms with van der Waals surface area (Å²) in [6.07, 6.45) is 0. The minimum absolute atomic E-state index is 0.252. The van der Waals surface area contributed by atoms with Gasteiger partial charge in [-0.2, -0.15) is 10.3 Å². The fourth-order valence-corrected chi connectivity index (χ4v) is 9.67. The third-order valence-corrected chi connectivity index (χ3v) is 11.7. The van der Waals surface area contributed by atoms with Gasteiger partial charge < -0.3 is 5.32 Å². The van der Waals surface area contributed by atoms with Crippen molar-refractivity contribution in [2.75, 3.05) is 0 Å². The van der Waals surface area contributed by atoms with Crippen molar-refractivity contribution in [1.82, 2.24) is 5.32 Å². The summed E-state index contributed by atoms with van der Waals surface area (Å²) in [6, 6.07) is 31.2. The van der Waals surface area contributed by atoms with Crippen LogP contribution >= 0.6 is 53.5 Å². The summed E-state index contributed by atoms with van der Waals surface area (Å²) in [5, 5.41) is 15.8. The monoisotopic (exact) mass is 531 g/mol. The molecule has 1 heterocycles. The fraction of sp³-hybridized carbons (Fsp3) is 0.0833. The number of carbonyl (C=O) groups excluding carboxylic acids is 1. The van der Waals surface area contributed by atoms with Gasteiger partial charge in [-0.15, -0.1) is 0 Å². The number of alkyl halides is 3. The van der Waals surface area contributed by atoms with Crippen molar-refractivity contribution in [2.24, 2.45) is 4.99 Å². The molecule has 0 saturated carbocycles. The normalized spacial score (nSPS) is 16.4. The van der Waals surface area contributed by atoms with E-state index in [-0.39, 0.29) is 5.04 Å². The third kappa shape index (κ3) is 4.73. The van der Waals surface area contributed by atoms with E-state index < -0.39 is 22.1 Å². The molecule has 1 atom stereocenters. The first kappa shape index (κ1) is 24.0. The second-order valence-electron chi connectivity index (χ2n) is 7.04. The maximum absolute atomic E-state index is 12.5. The highest BCUT2D eigenvalue weighted by Gasteiger charge is 2.41. The van der Waals surface area contributed by atoms with Crippen LogP contribution in [-0.4, -0.2) is 25.5 Å². The van der Waals surface area contributed by atoms with Gasteiger partial charge in [-0.05, 0) is 22.8 Å². The Balaban J connectivity index is 2.16. The second kappa shape index (κ2) is 9.97. The standard InChI is InChI=1S/C24H17Cl3N3OPS/c25-24(26,27)22-30-23(31)29-21(33-22)20(16-28)32(17-10-4-1-5-11-17,18-12-6-2-7-13-18)19-14-8-3-9-15-19/h1-15,22H,(H,30,31). The molecule has 3 aromatic rings. The van der Waals surface area contributed by atoms with E-state index in [0.717, 1.165) is 27.7 Å². The van der Waals surface area contributed by atoms with Crippen LogP contribution in [0.3, 0.4) is 0 Å². The summed E-state index contributed by atoms with van der Waals surface area (Å²) in [6.45, 7) is -2.74. The van der Waals surface area contributed by atoms with E-state index in [2.05, 4.69) is 16.4 Å². The molecule has 0 radical (unpaired) electrons. The minimum Gasteiger partial charge on any atom is -0.320 e. The number of benzene rings is 3. The molecule has 0 aromatic heterocycles. The van der Waals surface area contributed by atoms with Gasteiger partial charge in [-0.25, -0.2) is 4.79 Å². The molecule has 1 unspecified atom stereocenters. The number of amides is 2. The summed E-state index contributed by atoms with van der Waals surface area (Å²) >= 11 is 19.4. The zero-order valence-corrected chi connectivity index (χ0v) is 21.0. The van der Waals surface area contributed by atoms with Gasteiger partial charge in [0.2, 0.25) is 3.79 Å². The maximum atomic E-state index is 12.5. The Morgan fingerprint density at radius 3 is 1.67 bits per heavy atom. The van der Waals surface area contributed by atoms with Crippen LogP contribution in [-0.2, 0) is 0 Å². The lowest BCUT2D eigenvalue weighted by Crippen LogP contribution is -2.45. The average Bonchev–Trinajstić information content (AvgIpc) is 2.83. The summed E-state index contributed by atoms with van der Waals surface area (Å²) in [7, 11) is 0. The highest BCUT2D eigenvalue weighted by atomic mass is 35.6. The summed E-state index contributed by atoms with van der Waals surface area (Å²) in [5.74, 6) is 0. The van der Waals surface area contributed by atoms with E-state index in [1.54, 1.807) is 0 Å². The van der Waals surface area contributed by atoms with E-state index in [4.69, 9.17) is 34.8 Å². The van der Waals surface area contributed by atoms with Crippen LogP contribution in [0.4, 0.5) is 4.79 Å². The summed E-state index contributed by atoms with van der Waals surface area (Å²) in [5.41, 5.74) is 0. The zero-order valence-electron chi connectivity index (χ0n) is 17.0. The molecule has 0 bridgehead atoms. The topological polar surface area (TPSA) is 65.2 Å². The van der Waals surface area contributed by atoms with E-state index in [0.29, 0.717) is 5.29 Å². The minimum atomic E-state index is -2.74. The van der Waals surface area contributed by atoms with Crippen molar-refractivity contribution in [1.29, 1.82) is 5.26 Å². The molecule has 2 amide bonds. The summed E-state index contributed by atoms with van der Waals surface area (Å²) < 4.78 is -1.78. The molecular weight excluding hydrogens is 516 g/mol. The highest BCUT2D eigenvalue weighted by molar-refractivity contribution is 8.19. The van der Waals surface area contributed by atoms with E-state index in [9.17, 15) is 10.1 Å². The third-order valence-electron chi connectivity index (χ3n) is 5.06. The Kier molecular flexibility index (Phi) is 7.24. The molecule has 0 aliphatic carbocycles. The fourth-order valence-electron chi connectivity index (χ4n) is 3.72. The van der Waals surface area contributed by atoms with Gasteiger partial charge >= 0.3 is 6.03 Å². The molecule has 0 spiro atoms. The van der Waals surface area contributed by atoms with Crippen LogP contribution in [0.1, 0.15) is 0 Å². The molecule has 9 heteroatoms. The van der Waals surface area contributed by atoms with E-state index >= 15 is 0 Å². The lowest BCUT2D eigenvalue weighted by molar-refractivity contribution is 0.248. The van der Waals surface area contributed by atoms with Gasteiger partial charge in [-0.3, -0.25) is 0 Å². The number of urea groups is 1. The van der Waals surface area contributed by atoms with Gasteiger partial charge in [0.25, 0.3) is 0 Å². The Morgan fingerprint density at radius 1 is 0.879 bits per heavy atom. The van der Waals surface area contributed by atoms with Crippen molar-refractivity contribution in [2.45, 2.75) is 9.17 Å². The van der Waals surface area contributed by atoms with Crippen LogP contribution in [0.25, 0.3) is 0 Å². The average molecular weight is 533 g/mol. The number of hydrogen-bond acceptors (Lipinski definition) is 3. The van der Waals surface area contributed by atoms with E-state index in [1.807, 2.05) is 91.0 Å². The van der Waals surface area contributed by atoms with Crippen molar-refractivity contribution in [3.8, 4) is 6.07 Å². The largest absolute Gasteiger partial charge is 0.343 e. The lowest BCUT2D eigenvalue weighted by atomic mass is 10.4. The first-order valence-corrected chi connectivity index (χ1v) is 13.6. The molecule has 1 N–H and O–H groups in total. The van der Waals surface area contributed by atoms with Crippen molar-refractivity contribution in [3.05, 3.63) is 91.0 Å². The summed E-state index contributed by atoms with van der Waals surface area (Å²) in [4.78, 5) is 16.7. The smallest absolute Gasteiger partial charge is 0.320 e. The first-order valence-electron chi connectivity index (χ1n) is 9.84. The quantitative estimate of drug-likeness (QED) is 0.370. The second-order valence-corrected chi connectivity index (χ2v) is 13.8. The number of nitrogens with one attached hydrogen (secondary N) is 1. The SMILES string of the molecule is N#CC(C1=NC(=O)NC(C(Cl)(Cl)Cl)S1)=P(c1ccccc1)(c1ccccc1)c1ccccc1. The molecule has 1 aliphatic heterocycles. The molecule has 166 valence electrons. The maximum Gasteiger partial charge on any atom is 0.343 e. The van der Waals surface area contributed by atoms with Crippen molar-refractivity contribution < 1.29 is 4.79 Å². The number of nitrogens with zero attached hydrogens (tertiary/aromatic N) is 2. The lowest BCUT2D eigenvalue weighted by Gasteiger charge is -2.33. The van der Waals surface area contributed by atoms with Gasteiger partial charge in [0, 0.05) is 0 Å². The van der Waals surface area contributed by atoms with Crippen molar-refractivity contribution in [3.63, 3.8) is 0 Å². The van der Waals surface area contributed by atoms with E-state index in [1.165, 1.54) is 0 Å². The Morgan fingerprint density at radius 2 is 1.30 bits per heavy atom. The van der Waals surface area contributed by atoms with Crippen LogP contribution in [0.2, 0.25) is 0 Å². The number of rotatable bonds is 4. The first-order chi connectivity index (χ1) is 15.9. The Bertz CT molecular complexity index is 1180. The van der Waals surface area contributed by atoms with Crippen LogP contribution in [0, 0.1) is 11.3 Å². The molecule has 1 aliphatic rings. The number of carbonyl (C=O) groups is 1. The number of aliphatic imine (C=N–C) groups is 1.